The summed E-state index contributed by atoms with van der Waals surface area (Å²) in [6.45, 7) is 1.84. The minimum atomic E-state index is -0.487. The van der Waals surface area contributed by atoms with Crippen LogP contribution in [0.3, 0.4) is 0 Å². The van der Waals surface area contributed by atoms with Gasteiger partial charge in [-0.1, -0.05) is 55.1 Å². The van der Waals surface area contributed by atoms with Crippen molar-refractivity contribution < 1.29 is 14.8 Å². The van der Waals surface area contributed by atoms with Crippen LogP contribution in [-0.2, 0) is 24.7 Å². The van der Waals surface area contributed by atoms with Crippen molar-refractivity contribution in [1.29, 1.82) is 0 Å². The lowest BCUT2D eigenvalue weighted by molar-refractivity contribution is -0.130. The van der Waals surface area contributed by atoms with E-state index in [4.69, 9.17) is 28.4 Å². The Hall–Kier alpha value is -2.34. The highest BCUT2D eigenvalue weighted by molar-refractivity contribution is 6.31. The summed E-state index contributed by atoms with van der Waals surface area (Å²) in [7, 11) is 1.99. The summed E-state index contributed by atoms with van der Waals surface area (Å²) in [5.74, 6) is -0.672. The number of amides is 1. The molecule has 2 aromatic carbocycles. The van der Waals surface area contributed by atoms with Gasteiger partial charge in [0, 0.05) is 52.1 Å². The average Bonchev–Trinajstić information content (AvgIpc) is 3.06. The lowest BCUT2D eigenvalue weighted by atomic mass is 9.94. The van der Waals surface area contributed by atoms with Crippen molar-refractivity contribution in [2.45, 2.75) is 58.3 Å². The second kappa shape index (κ2) is 12.4. The van der Waals surface area contributed by atoms with Gasteiger partial charge in [0.25, 0.3) is 0 Å². The maximum Gasteiger partial charge on any atom is 0.243 e. The number of Topliss-reactive ketones (excluding diaryl/α,β-unsaturated/α-hetero) is 1. The van der Waals surface area contributed by atoms with E-state index < -0.39 is 5.91 Å². The SMILES string of the molecule is CC(CC(=O)NO)CC(=O)c1c(CCCCCCc2cccc(Cl)c2)n(C)c2ccc(Cl)cc12. The van der Waals surface area contributed by atoms with Crippen LogP contribution in [0.1, 0.15) is 67.1 Å². The molecule has 0 spiro atoms. The molecule has 1 unspecified atom stereocenters. The Bertz CT molecular complexity index is 1160. The fraction of sp³-hybridized carbons (Fsp3) is 0.407. The molecular weight excluding hydrogens is 471 g/mol. The number of hydrogen-bond donors (Lipinski definition) is 2. The lowest BCUT2D eigenvalue weighted by Crippen LogP contribution is -2.22. The van der Waals surface area contributed by atoms with Crippen LogP contribution in [0.25, 0.3) is 10.9 Å². The van der Waals surface area contributed by atoms with Crippen LogP contribution in [-0.4, -0.2) is 21.5 Å². The average molecular weight is 503 g/mol. The highest BCUT2D eigenvalue weighted by Gasteiger charge is 2.23. The van der Waals surface area contributed by atoms with E-state index in [1.165, 1.54) is 5.56 Å². The Kier molecular flexibility index (Phi) is 9.57. The van der Waals surface area contributed by atoms with Crippen molar-refractivity contribution in [3.05, 3.63) is 69.3 Å². The fourth-order valence-corrected chi connectivity index (χ4v) is 4.98. The van der Waals surface area contributed by atoms with E-state index in [0.29, 0.717) is 10.6 Å². The number of nitrogens with one attached hydrogen (secondary N) is 1. The fourth-order valence-electron chi connectivity index (χ4n) is 4.59. The molecule has 1 atom stereocenters. The normalized spacial score (nSPS) is 12.1. The van der Waals surface area contributed by atoms with Gasteiger partial charge in [-0.2, -0.15) is 0 Å². The zero-order valence-electron chi connectivity index (χ0n) is 19.7. The molecule has 1 heterocycles. The molecular formula is C27H32Cl2N2O3. The molecule has 1 aromatic heterocycles. The first-order valence-corrected chi connectivity index (χ1v) is 12.5. The van der Waals surface area contributed by atoms with Gasteiger partial charge in [-0.3, -0.25) is 14.8 Å². The molecule has 0 saturated carbocycles. The Labute approximate surface area is 211 Å². The summed E-state index contributed by atoms with van der Waals surface area (Å²) >= 11 is 12.3. The predicted octanol–water partition coefficient (Wildman–Crippen LogP) is 6.94. The molecule has 7 heteroatoms. The van der Waals surface area contributed by atoms with Crippen LogP contribution in [0.2, 0.25) is 10.0 Å². The van der Waals surface area contributed by atoms with Crippen molar-refractivity contribution in [3.63, 3.8) is 0 Å². The van der Waals surface area contributed by atoms with Crippen molar-refractivity contribution in [2.75, 3.05) is 0 Å². The number of ketones is 1. The summed E-state index contributed by atoms with van der Waals surface area (Å²) in [5, 5.41) is 11.0. The van der Waals surface area contributed by atoms with Crippen molar-refractivity contribution in [1.82, 2.24) is 10.0 Å². The maximum atomic E-state index is 13.3. The minimum absolute atomic E-state index is 0.00191. The summed E-state index contributed by atoms with van der Waals surface area (Å²) in [6, 6.07) is 13.6. The molecule has 3 aromatic rings. The Morgan fingerprint density at radius 3 is 2.38 bits per heavy atom. The summed E-state index contributed by atoms with van der Waals surface area (Å²) in [6.07, 6.45) is 6.39. The molecule has 0 aliphatic rings. The van der Waals surface area contributed by atoms with Gasteiger partial charge < -0.3 is 4.57 Å². The van der Waals surface area contributed by atoms with Crippen LogP contribution >= 0.6 is 23.2 Å². The standard InChI is InChI=1S/C27H32Cl2N2O3/c1-18(15-26(33)30-34)14-25(32)27-22-17-21(29)12-13-23(22)31(2)24(27)11-6-4-3-5-8-19-9-7-10-20(28)16-19/h7,9-10,12-13,16-18,34H,3-6,8,11,14-15H2,1-2H3,(H,30,33). The predicted molar refractivity (Wildman–Crippen MR) is 138 cm³/mol. The Balaban J connectivity index is 1.67. The number of aromatic nitrogens is 1. The number of halogens is 2. The molecule has 0 aliphatic heterocycles. The zero-order valence-corrected chi connectivity index (χ0v) is 21.3. The molecule has 0 saturated heterocycles. The van der Waals surface area contributed by atoms with Crippen LogP contribution in [0, 0.1) is 5.92 Å². The molecule has 5 nitrogen and oxygen atoms in total. The number of benzene rings is 2. The lowest BCUT2D eigenvalue weighted by Gasteiger charge is -2.11. The largest absolute Gasteiger partial charge is 0.347 e. The van der Waals surface area contributed by atoms with Gasteiger partial charge in [0.05, 0.1) is 0 Å². The van der Waals surface area contributed by atoms with Crippen molar-refractivity contribution in [3.8, 4) is 0 Å². The highest BCUT2D eigenvalue weighted by atomic mass is 35.5. The van der Waals surface area contributed by atoms with E-state index in [2.05, 4.69) is 10.6 Å². The molecule has 0 radical (unpaired) electrons. The van der Waals surface area contributed by atoms with E-state index in [0.717, 1.165) is 60.1 Å². The van der Waals surface area contributed by atoms with Gasteiger partial charge in [-0.15, -0.1) is 0 Å². The first-order chi connectivity index (χ1) is 16.3. The smallest absolute Gasteiger partial charge is 0.243 e. The number of aryl methyl sites for hydroxylation is 2. The van der Waals surface area contributed by atoms with Crippen molar-refractivity contribution in [2.24, 2.45) is 13.0 Å². The number of fused-ring (bicyclic) bond motifs is 1. The summed E-state index contributed by atoms with van der Waals surface area (Å²) in [5.41, 5.74) is 5.59. The summed E-state index contributed by atoms with van der Waals surface area (Å²) < 4.78 is 2.09. The Morgan fingerprint density at radius 1 is 0.971 bits per heavy atom. The molecule has 34 heavy (non-hydrogen) atoms. The minimum Gasteiger partial charge on any atom is -0.347 e. The van der Waals surface area contributed by atoms with E-state index in [1.807, 2.05) is 50.4 Å². The van der Waals surface area contributed by atoms with E-state index >= 15 is 0 Å². The molecule has 0 aliphatic carbocycles. The third-order valence-electron chi connectivity index (χ3n) is 6.27. The number of carbonyl (C=O) groups is 2. The maximum absolute atomic E-state index is 13.3. The molecule has 2 N–H and O–H groups in total. The van der Waals surface area contributed by atoms with E-state index in [9.17, 15) is 9.59 Å². The number of hydroxylamine groups is 1. The number of unbranched alkanes of at least 4 members (excludes halogenated alkanes) is 3. The van der Waals surface area contributed by atoms with Crippen molar-refractivity contribution >= 4 is 45.8 Å². The monoisotopic (exact) mass is 502 g/mol. The third-order valence-corrected chi connectivity index (χ3v) is 6.74. The number of nitrogens with zero attached hydrogens (tertiary/aromatic N) is 1. The quantitative estimate of drug-likeness (QED) is 0.122. The van der Waals surface area contributed by atoms with E-state index in [1.54, 1.807) is 5.48 Å². The molecule has 0 fully saturated rings. The zero-order chi connectivity index (χ0) is 24.7. The second-order valence-electron chi connectivity index (χ2n) is 9.06. The van der Waals surface area contributed by atoms with Gasteiger partial charge in [0.15, 0.2) is 5.78 Å². The first kappa shape index (κ1) is 26.3. The third kappa shape index (κ3) is 6.84. The second-order valence-corrected chi connectivity index (χ2v) is 9.93. The topological polar surface area (TPSA) is 71.3 Å². The molecule has 182 valence electrons. The highest BCUT2D eigenvalue weighted by Crippen LogP contribution is 2.31. The number of carbonyl (C=O) groups excluding carboxylic acids is 2. The summed E-state index contributed by atoms with van der Waals surface area (Å²) in [4.78, 5) is 24.8. The number of hydrogen-bond acceptors (Lipinski definition) is 3. The van der Waals surface area contributed by atoms with E-state index in [-0.39, 0.29) is 24.5 Å². The Morgan fingerprint density at radius 2 is 1.68 bits per heavy atom. The molecule has 0 bridgehead atoms. The van der Waals surface area contributed by atoms with Gasteiger partial charge in [-0.05, 0) is 67.5 Å². The molecule has 3 rings (SSSR count). The van der Waals surface area contributed by atoms with Gasteiger partial charge in [0.1, 0.15) is 0 Å². The van der Waals surface area contributed by atoms with Crippen LogP contribution < -0.4 is 5.48 Å². The van der Waals surface area contributed by atoms with Crippen LogP contribution in [0.15, 0.2) is 42.5 Å². The molecule has 1 amide bonds. The first-order valence-electron chi connectivity index (χ1n) is 11.8. The van der Waals surface area contributed by atoms with Gasteiger partial charge >= 0.3 is 0 Å². The van der Waals surface area contributed by atoms with Crippen LogP contribution in [0.4, 0.5) is 0 Å². The number of rotatable bonds is 12. The van der Waals surface area contributed by atoms with Gasteiger partial charge in [0.2, 0.25) is 5.91 Å². The van der Waals surface area contributed by atoms with Gasteiger partial charge in [-0.25, -0.2) is 5.48 Å². The van der Waals surface area contributed by atoms with Crippen LogP contribution in [0.5, 0.6) is 0 Å².